The van der Waals surface area contributed by atoms with Gasteiger partial charge in [-0.3, -0.25) is 30.3 Å². The topological polar surface area (TPSA) is 129 Å². The number of rotatable bonds is 5. The van der Waals surface area contributed by atoms with E-state index in [0.717, 1.165) is 0 Å². The summed E-state index contributed by atoms with van der Waals surface area (Å²) >= 11 is 0. The van der Waals surface area contributed by atoms with E-state index in [4.69, 9.17) is 0 Å². The van der Waals surface area contributed by atoms with Gasteiger partial charge in [0.05, 0.1) is 14.8 Å². The largest absolute Gasteiger partial charge is 0.422 e. The molecule has 0 radical (unpaired) electrons. The average molecular weight is 267 g/mol. The van der Waals surface area contributed by atoms with Gasteiger partial charge in [-0.1, -0.05) is 6.08 Å². The van der Waals surface area contributed by atoms with Crippen molar-refractivity contribution >= 4 is 17.1 Å². The molecule has 0 fully saturated rings. The van der Waals surface area contributed by atoms with Crippen LogP contribution in [0.4, 0.5) is 17.1 Å². The van der Waals surface area contributed by atoms with Crippen molar-refractivity contribution in [3.8, 4) is 0 Å². The number of hydrogen-bond donors (Lipinski definition) is 0. The van der Waals surface area contributed by atoms with Crippen molar-refractivity contribution in [2.45, 2.75) is 13.3 Å². The molecule has 1 rings (SSSR count). The molecular weight excluding hydrogens is 258 g/mol. The summed E-state index contributed by atoms with van der Waals surface area (Å²) in [7, 11) is 0. The average Bonchev–Trinajstić information content (AvgIpc) is 2.26. The van der Waals surface area contributed by atoms with Crippen molar-refractivity contribution in [3.05, 3.63) is 60.2 Å². The van der Waals surface area contributed by atoms with Crippen LogP contribution in [0.3, 0.4) is 0 Å². The second kappa shape index (κ2) is 5.21. The van der Waals surface area contributed by atoms with E-state index in [-0.39, 0.29) is 17.5 Å². The van der Waals surface area contributed by atoms with Crippen LogP contribution in [0.5, 0.6) is 0 Å². The number of benzene rings is 1. The highest BCUT2D eigenvalue weighted by Crippen LogP contribution is 2.41. The maximum atomic E-state index is 11.0. The van der Waals surface area contributed by atoms with E-state index in [2.05, 4.69) is 6.58 Å². The molecule has 1 aromatic carbocycles. The summed E-state index contributed by atoms with van der Waals surface area (Å²) in [5.74, 6) is 0. The minimum absolute atomic E-state index is 0.000787. The smallest absolute Gasteiger partial charge is 0.258 e. The summed E-state index contributed by atoms with van der Waals surface area (Å²) in [5, 5.41) is 32.7. The molecule has 0 heterocycles. The second-order valence-electron chi connectivity index (χ2n) is 3.66. The number of nitro benzene ring substituents is 3. The Kier molecular flexibility index (Phi) is 3.90. The first-order valence-corrected chi connectivity index (χ1v) is 5.01. The number of allylic oxidation sites excluding steroid dienone is 1. The fourth-order valence-electron chi connectivity index (χ4n) is 1.77. The zero-order valence-electron chi connectivity index (χ0n) is 9.86. The molecule has 0 aliphatic rings. The molecule has 0 aliphatic heterocycles. The molecule has 0 unspecified atom stereocenters. The lowest BCUT2D eigenvalue weighted by atomic mass is 10.0. The van der Waals surface area contributed by atoms with Gasteiger partial charge < -0.3 is 0 Å². The van der Waals surface area contributed by atoms with Gasteiger partial charge in [0.2, 0.25) is 0 Å². The standard InChI is InChI=1S/C10H9N3O6/c1-3-4-7-5-6(2)8(11(14)15)10(13(18)19)9(7)12(16)17/h3,5H,1,4H2,2H3. The third-order valence-corrected chi connectivity index (χ3v) is 2.43. The normalized spacial score (nSPS) is 9.95. The molecule has 100 valence electrons. The molecule has 0 atom stereocenters. The summed E-state index contributed by atoms with van der Waals surface area (Å²) in [4.78, 5) is 29.7. The lowest BCUT2D eigenvalue weighted by Crippen LogP contribution is -2.06. The van der Waals surface area contributed by atoms with E-state index < -0.39 is 31.8 Å². The van der Waals surface area contributed by atoms with Gasteiger partial charge in [-0.15, -0.1) is 6.58 Å². The quantitative estimate of drug-likeness (QED) is 0.457. The van der Waals surface area contributed by atoms with Gasteiger partial charge >= 0.3 is 17.1 Å². The van der Waals surface area contributed by atoms with E-state index >= 15 is 0 Å². The predicted octanol–water partition coefficient (Wildman–Crippen LogP) is 2.45. The molecule has 0 spiro atoms. The summed E-state index contributed by atoms with van der Waals surface area (Å²) in [5.41, 5.74) is -2.78. The minimum atomic E-state index is -1.10. The molecule has 0 aliphatic carbocycles. The first-order chi connectivity index (χ1) is 8.81. The van der Waals surface area contributed by atoms with Gasteiger partial charge in [-0.05, 0) is 19.4 Å². The molecule has 0 amide bonds. The van der Waals surface area contributed by atoms with Crippen molar-refractivity contribution in [1.82, 2.24) is 0 Å². The number of aryl methyl sites for hydroxylation is 1. The highest BCUT2D eigenvalue weighted by Gasteiger charge is 2.40. The van der Waals surface area contributed by atoms with E-state index in [1.807, 2.05) is 0 Å². The van der Waals surface area contributed by atoms with Crippen LogP contribution in [-0.2, 0) is 6.42 Å². The number of nitro groups is 3. The van der Waals surface area contributed by atoms with Gasteiger partial charge in [0.15, 0.2) is 0 Å². The first kappa shape index (κ1) is 14.2. The highest BCUT2D eigenvalue weighted by atomic mass is 16.6. The summed E-state index contributed by atoms with van der Waals surface area (Å²) in [6, 6.07) is 1.20. The lowest BCUT2D eigenvalue weighted by molar-refractivity contribution is -0.441. The van der Waals surface area contributed by atoms with Gasteiger partial charge in [0, 0.05) is 11.1 Å². The van der Waals surface area contributed by atoms with Crippen LogP contribution in [0.15, 0.2) is 18.7 Å². The van der Waals surface area contributed by atoms with Crippen LogP contribution in [0, 0.1) is 37.3 Å². The van der Waals surface area contributed by atoms with Crippen molar-refractivity contribution in [3.63, 3.8) is 0 Å². The van der Waals surface area contributed by atoms with Crippen molar-refractivity contribution in [2.75, 3.05) is 0 Å². The molecule has 1 aromatic rings. The molecular formula is C10H9N3O6. The maximum absolute atomic E-state index is 11.0. The number of nitrogens with zero attached hydrogens (tertiary/aromatic N) is 3. The Balaban J connectivity index is 3.86. The Morgan fingerprint density at radius 3 is 1.89 bits per heavy atom. The SMILES string of the molecule is C=CCc1cc(C)c([N+](=O)[O-])c([N+](=O)[O-])c1[N+](=O)[O-]. The molecule has 0 bridgehead atoms. The van der Waals surface area contributed by atoms with Crippen molar-refractivity contribution in [2.24, 2.45) is 0 Å². The second-order valence-corrected chi connectivity index (χ2v) is 3.66. The number of hydrogen-bond acceptors (Lipinski definition) is 6. The molecule has 9 heteroatoms. The van der Waals surface area contributed by atoms with Gasteiger partial charge in [-0.25, -0.2) is 0 Å². The lowest BCUT2D eigenvalue weighted by Gasteiger charge is -2.04. The highest BCUT2D eigenvalue weighted by molar-refractivity contribution is 5.72. The molecule has 0 saturated carbocycles. The van der Waals surface area contributed by atoms with Crippen LogP contribution in [-0.4, -0.2) is 14.8 Å². The van der Waals surface area contributed by atoms with Crippen LogP contribution in [0.25, 0.3) is 0 Å². The monoisotopic (exact) mass is 267 g/mol. The zero-order valence-corrected chi connectivity index (χ0v) is 9.86. The zero-order chi connectivity index (χ0) is 14.7. The van der Waals surface area contributed by atoms with Crippen molar-refractivity contribution < 1.29 is 14.8 Å². The Bertz CT molecular complexity index is 595. The summed E-state index contributed by atoms with van der Waals surface area (Å²) in [6.45, 7) is 4.68. The van der Waals surface area contributed by atoms with Crippen LogP contribution >= 0.6 is 0 Å². The van der Waals surface area contributed by atoms with Crippen LogP contribution in [0.1, 0.15) is 11.1 Å². The van der Waals surface area contributed by atoms with Gasteiger partial charge in [0.25, 0.3) is 0 Å². The van der Waals surface area contributed by atoms with Crippen LogP contribution in [0.2, 0.25) is 0 Å². The third kappa shape index (κ3) is 2.54. The fourth-order valence-corrected chi connectivity index (χ4v) is 1.77. The Morgan fingerprint density at radius 2 is 1.53 bits per heavy atom. The third-order valence-electron chi connectivity index (χ3n) is 2.43. The molecule has 0 N–H and O–H groups in total. The van der Waals surface area contributed by atoms with Gasteiger partial charge in [0.1, 0.15) is 0 Å². The maximum Gasteiger partial charge on any atom is 0.422 e. The predicted molar refractivity (Wildman–Crippen MR) is 65.0 cm³/mol. The van der Waals surface area contributed by atoms with Crippen molar-refractivity contribution in [1.29, 1.82) is 0 Å². The van der Waals surface area contributed by atoms with E-state index in [1.165, 1.54) is 19.1 Å². The Morgan fingerprint density at radius 1 is 1.05 bits per heavy atom. The summed E-state index contributed by atoms with van der Waals surface area (Å²) in [6.07, 6.45) is 1.34. The molecule has 0 saturated heterocycles. The van der Waals surface area contributed by atoms with E-state index in [9.17, 15) is 30.3 Å². The van der Waals surface area contributed by atoms with E-state index in [1.54, 1.807) is 0 Å². The first-order valence-electron chi connectivity index (χ1n) is 5.01. The Hall–Kier alpha value is -2.84. The van der Waals surface area contributed by atoms with Crippen LogP contribution < -0.4 is 0 Å². The van der Waals surface area contributed by atoms with Gasteiger partial charge in [-0.2, -0.15) is 0 Å². The summed E-state index contributed by atoms with van der Waals surface area (Å²) < 4.78 is 0. The fraction of sp³-hybridized carbons (Fsp3) is 0.200. The Labute approximate surface area is 106 Å². The van der Waals surface area contributed by atoms with E-state index in [0.29, 0.717) is 0 Å². The molecule has 0 aromatic heterocycles. The molecule has 9 nitrogen and oxygen atoms in total. The molecule has 19 heavy (non-hydrogen) atoms. The minimum Gasteiger partial charge on any atom is -0.258 e.